The van der Waals surface area contributed by atoms with Crippen LogP contribution in [0.1, 0.15) is 5.56 Å². The Hall–Kier alpha value is -2.65. The highest BCUT2D eigenvalue weighted by Gasteiger charge is 2.14. The predicted octanol–water partition coefficient (Wildman–Crippen LogP) is 2.56. The van der Waals surface area contributed by atoms with Gasteiger partial charge in [-0.15, -0.1) is 0 Å². The van der Waals surface area contributed by atoms with Gasteiger partial charge >= 0.3 is 6.61 Å². The monoisotopic (exact) mass is 374 g/mol. The first-order valence-electron chi connectivity index (χ1n) is 6.91. The van der Waals surface area contributed by atoms with Gasteiger partial charge in [-0.25, -0.2) is 10.8 Å². The van der Waals surface area contributed by atoms with E-state index in [0.29, 0.717) is 23.4 Å². The van der Waals surface area contributed by atoms with E-state index in [1.165, 1.54) is 12.3 Å². The van der Waals surface area contributed by atoms with E-state index in [1.807, 2.05) is 0 Å². The number of carbonyl (C=O) groups is 1. The summed E-state index contributed by atoms with van der Waals surface area (Å²) in [6, 6.07) is 8.12. The molecule has 136 valence electrons. The summed E-state index contributed by atoms with van der Waals surface area (Å²) in [5.74, 6) is 4.83. The number of amides is 1. The third-order valence-electron chi connectivity index (χ3n) is 2.78. The molecule has 4 N–H and O–H groups in total. The number of alkyl halides is 2. The van der Waals surface area contributed by atoms with Crippen molar-refractivity contribution in [2.24, 2.45) is 5.84 Å². The van der Waals surface area contributed by atoms with Gasteiger partial charge < -0.3 is 14.8 Å². The molecule has 1 aromatic heterocycles. The van der Waals surface area contributed by atoms with Crippen LogP contribution in [0.5, 0.6) is 11.5 Å². The molecule has 0 saturated carbocycles. The summed E-state index contributed by atoms with van der Waals surface area (Å²) >= 11 is 5.89. The number of halogens is 3. The lowest BCUT2D eigenvalue weighted by molar-refractivity contribution is -0.109. The van der Waals surface area contributed by atoms with Crippen molar-refractivity contribution in [2.75, 3.05) is 12.4 Å². The van der Waals surface area contributed by atoms with Crippen LogP contribution in [-0.4, -0.2) is 25.1 Å². The van der Waals surface area contributed by atoms with Crippen LogP contribution in [0.15, 0.2) is 36.5 Å². The number of rotatable bonds is 7. The SMILES string of the molecule is CNc1cccc(OC(F)F)c1COc1cccnc1Cl.NNC=O. The molecular weight excluding hydrogens is 358 g/mol. The minimum atomic E-state index is -2.90. The largest absolute Gasteiger partial charge is 0.485 e. The normalized spacial score (nSPS) is 9.68. The van der Waals surface area contributed by atoms with Gasteiger partial charge in [-0.05, 0) is 24.3 Å². The zero-order valence-corrected chi connectivity index (χ0v) is 14.0. The molecule has 10 heteroatoms. The van der Waals surface area contributed by atoms with Gasteiger partial charge in [0.15, 0.2) is 10.9 Å². The number of hydrogen-bond acceptors (Lipinski definition) is 6. The molecule has 0 fully saturated rings. The number of anilines is 1. The third kappa shape index (κ3) is 6.77. The Bertz CT molecular complexity index is 677. The van der Waals surface area contributed by atoms with Gasteiger partial charge in [0.25, 0.3) is 0 Å². The molecule has 25 heavy (non-hydrogen) atoms. The Kier molecular flexibility index (Phi) is 8.97. The van der Waals surface area contributed by atoms with Crippen LogP contribution in [-0.2, 0) is 11.4 Å². The van der Waals surface area contributed by atoms with E-state index in [9.17, 15) is 8.78 Å². The summed E-state index contributed by atoms with van der Waals surface area (Å²) in [5, 5.41) is 3.11. The lowest BCUT2D eigenvalue weighted by Gasteiger charge is -2.15. The van der Waals surface area contributed by atoms with Crippen LogP contribution in [0.2, 0.25) is 5.15 Å². The molecule has 1 aromatic carbocycles. The molecule has 2 aromatic rings. The Morgan fingerprint density at radius 3 is 2.56 bits per heavy atom. The van der Waals surface area contributed by atoms with Crippen molar-refractivity contribution in [3.8, 4) is 11.5 Å². The molecule has 1 heterocycles. The quantitative estimate of drug-likeness (QED) is 0.226. The first-order chi connectivity index (χ1) is 12.0. The van der Waals surface area contributed by atoms with Crippen molar-refractivity contribution in [2.45, 2.75) is 13.2 Å². The smallest absolute Gasteiger partial charge is 0.387 e. The van der Waals surface area contributed by atoms with Crippen LogP contribution in [0.4, 0.5) is 14.5 Å². The first-order valence-corrected chi connectivity index (χ1v) is 7.28. The van der Waals surface area contributed by atoms with E-state index in [4.69, 9.17) is 21.1 Å². The molecule has 0 bridgehead atoms. The average molecular weight is 375 g/mol. The van der Waals surface area contributed by atoms with E-state index in [2.05, 4.69) is 20.9 Å². The van der Waals surface area contributed by atoms with Crippen LogP contribution in [0.25, 0.3) is 0 Å². The second-order valence-electron chi connectivity index (χ2n) is 4.28. The molecule has 0 unspecified atom stereocenters. The fourth-order valence-corrected chi connectivity index (χ4v) is 1.96. The molecule has 2 rings (SSSR count). The molecular formula is C15H17ClF2N4O3. The first kappa shape index (κ1) is 20.4. The van der Waals surface area contributed by atoms with Crippen LogP contribution < -0.4 is 26.1 Å². The number of nitrogens with zero attached hydrogens (tertiary/aromatic N) is 1. The van der Waals surface area contributed by atoms with Crippen LogP contribution >= 0.6 is 11.6 Å². The summed E-state index contributed by atoms with van der Waals surface area (Å²) < 4.78 is 34.9. The summed E-state index contributed by atoms with van der Waals surface area (Å²) in [5.41, 5.74) is 2.85. The number of ether oxygens (including phenoxy) is 2. The fourth-order valence-electron chi connectivity index (χ4n) is 1.78. The number of benzene rings is 1. The predicted molar refractivity (Wildman–Crippen MR) is 89.6 cm³/mol. The number of nitrogens with one attached hydrogen (secondary N) is 2. The van der Waals surface area contributed by atoms with Crippen LogP contribution in [0, 0.1) is 0 Å². The highest BCUT2D eigenvalue weighted by molar-refractivity contribution is 6.30. The van der Waals surface area contributed by atoms with Gasteiger partial charge in [0.1, 0.15) is 12.4 Å². The Balaban J connectivity index is 0.000000705. The number of hydrazine groups is 1. The van der Waals surface area contributed by atoms with E-state index >= 15 is 0 Å². The van der Waals surface area contributed by atoms with Gasteiger partial charge in [0, 0.05) is 18.9 Å². The zero-order chi connectivity index (χ0) is 18.7. The zero-order valence-electron chi connectivity index (χ0n) is 13.2. The molecule has 0 saturated heterocycles. The average Bonchev–Trinajstić information content (AvgIpc) is 2.61. The Labute approximate surface area is 148 Å². The summed E-state index contributed by atoms with van der Waals surface area (Å²) in [6.45, 7) is -2.89. The van der Waals surface area contributed by atoms with Gasteiger partial charge in [-0.2, -0.15) is 8.78 Å². The minimum absolute atomic E-state index is 0.0183. The standard InChI is InChI=1S/C14H13ClF2N2O2.CH4N2O/c1-18-10-4-2-5-11(21-14(16)17)9(10)8-20-12-6-3-7-19-13(12)15;2-3-1-4/h2-7,14,18H,8H2,1H3;1H,2H2,(H,3,4). The molecule has 7 nitrogen and oxygen atoms in total. The summed E-state index contributed by atoms with van der Waals surface area (Å²) in [7, 11) is 1.68. The second-order valence-corrected chi connectivity index (χ2v) is 4.63. The maximum atomic E-state index is 12.4. The Morgan fingerprint density at radius 2 is 2.00 bits per heavy atom. The van der Waals surface area contributed by atoms with E-state index in [-0.39, 0.29) is 17.5 Å². The lowest BCUT2D eigenvalue weighted by atomic mass is 10.1. The minimum Gasteiger partial charge on any atom is -0.485 e. The van der Waals surface area contributed by atoms with Crippen molar-refractivity contribution in [3.05, 3.63) is 47.2 Å². The van der Waals surface area contributed by atoms with Crippen molar-refractivity contribution in [1.82, 2.24) is 10.4 Å². The molecule has 0 atom stereocenters. The van der Waals surface area contributed by atoms with Gasteiger partial charge in [0.05, 0.1) is 5.56 Å². The Morgan fingerprint density at radius 1 is 1.32 bits per heavy atom. The second kappa shape index (κ2) is 11.0. The lowest BCUT2D eigenvalue weighted by Crippen LogP contribution is -2.18. The maximum absolute atomic E-state index is 12.4. The van der Waals surface area contributed by atoms with E-state index in [0.717, 1.165) is 0 Å². The highest BCUT2D eigenvalue weighted by atomic mass is 35.5. The van der Waals surface area contributed by atoms with Crippen molar-refractivity contribution < 1.29 is 23.0 Å². The van der Waals surface area contributed by atoms with Crippen LogP contribution in [0.3, 0.4) is 0 Å². The van der Waals surface area contributed by atoms with Gasteiger partial charge in [-0.3, -0.25) is 10.2 Å². The molecule has 0 spiro atoms. The fraction of sp³-hybridized carbons (Fsp3) is 0.200. The number of pyridine rings is 1. The maximum Gasteiger partial charge on any atom is 0.387 e. The number of carbonyl (C=O) groups excluding carboxylic acids is 1. The summed E-state index contributed by atoms with van der Waals surface area (Å²) in [6.07, 6.45) is 1.93. The molecule has 0 aliphatic carbocycles. The molecule has 1 amide bonds. The summed E-state index contributed by atoms with van der Waals surface area (Å²) in [4.78, 5) is 12.8. The number of aromatic nitrogens is 1. The van der Waals surface area contributed by atoms with E-state index < -0.39 is 6.61 Å². The molecule has 0 radical (unpaired) electrons. The van der Waals surface area contributed by atoms with Gasteiger partial charge in [0.2, 0.25) is 6.41 Å². The van der Waals surface area contributed by atoms with Crippen molar-refractivity contribution in [1.29, 1.82) is 0 Å². The van der Waals surface area contributed by atoms with Gasteiger partial charge in [-0.1, -0.05) is 17.7 Å². The molecule has 0 aliphatic rings. The van der Waals surface area contributed by atoms with Crippen molar-refractivity contribution in [3.63, 3.8) is 0 Å². The molecule has 0 aliphatic heterocycles. The van der Waals surface area contributed by atoms with Crippen molar-refractivity contribution >= 4 is 23.7 Å². The number of nitrogens with two attached hydrogens (primary N) is 1. The number of hydrogen-bond donors (Lipinski definition) is 3. The topological polar surface area (TPSA) is 98.5 Å². The third-order valence-corrected chi connectivity index (χ3v) is 3.07. The van der Waals surface area contributed by atoms with E-state index in [1.54, 1.807) is 36.7 Å². The highest BCUT2D eigenvalue weighted by Crippen LogP contribution is 2.30.